The van der Waals surface area contributed by atoms with Crippen molar-refractivity contribution >= 4 is 17.9 Å². The molecular formula is C27H38N6O2. The van der Waals surface area contributed by atoms with Gasteiger partial charge in [-0.25, -0.2) is 9.78 Å². The van der Waals surface area contributed by atoms with Crippen LogP contribution in [-0.2, 0) is 11.3 Å². The molecule has 2 atom stereocenters. The van der Waals surface area contributed by atoms with Crippen molar-refractivity contribution in [1.82, 2.24) is 19.8 Å². The van der Waals surface area contributed by atoms with Gasteiger partial charge < -0.3 is 10.1 Å². The van der Waals surface area contributed by atoms with Gasteiger partial charge in [0.1, 0.15) is 12.4 Å². The molecule has 1 saturated carbocycles. The lowest BCUT2D eigenvalue weighted by molar-refractivity contribution is 0.0360. The van der Waals surface area contributed by atoms with Gasteiger partial charge in [-0.3, -0.25) is 14.7 Å². The van der Waals surface area contributed by atoms with Gasteiger partial charge >= 0.3 is 6.09 Å². The van der Waals surface area contributed by atoms with Gasteiger partial charge in [-0.1, -0.05) is 24.3 Å². The van der Waals surface area contributed by atoms with E-state index in [4.69, 9.17) is 4.74 Å². The summed E-state index contributed by atoms with van der Waals surface area (Å²) in [5.41, 5.74) is 2.37. The number of benzene rings is 1. The van der Waals surface area contributed by atoms with E-state index >= 15 is 0 Å². The van der Waals surface area contributed by atoms with Gasteiger partial charge in [0.25, 0.3) is 0 Å². The average molecular weight is 479 g/mol. The third kappa shape index (κ3) is 4.86. The van der Waals surface area contributed by atoms with E-state index in [0.717, 1.165) is 39.0 Å². The molecule has 2 saturated heterocycles. The number of nitrogens with one attached hydrogen (secondary N) is 1. The lowest BCUT2D eigenvalue weighted by atomic mass is 9.96. The molecule has 1 unspecified atom stereocenters. The van der Waals surface area contributed by atoms with Crippen LogP contribution >= 0.6 is 0 Å². The molecule has 2 aliphatic heterocycles. The molecule has 3 heterocycles. The number of carbonyl (C=O) groups is 1. The maximum absolute atomic E-state index is 12.5. The lowest BCUT2D eigenvalue weighted by Gasteiger charge is -2.45. The van der Waals surface area contributed by atoms with Gasteiger partial charge in [0.2, 0.25) is 5.95 Å². The zero-order valence-electron chi connectivity index (χ0n) is 21.6. The predicted octanol–water partition coefficient (Wildman–Crippen LogP) is 4.30. The topological polar surface area (TPSA) is 73.8 Å². The van der Waals surface area contributed by atoms with Crippen molar-refractivity contribution in [3.05, 3.63) is 47.7 Å². The van der Waals surface area contributed by atoms with E-state index in [1.807, 2.05) is 0 Å². The Balaban J connectivity index is 1.23. The number of likely N-dealkylation sites (N-methyl/N-ethyl adjacent to an activating group) is 1. The molecule has 35 heavy (non-hydrogen) atoms. The average Bonchev–Trinajstić information content (AvgIpc) is 3.63. The Hall–Kier alpha value is -2.71. The second-order valence-corrected chi connectivity index (χ2v) is 11.3. The van der Waals surface area contributed by atoms with Gasteiger partial charge in [-0.2, -0.15) is 4.98 Å². The molecule has 1 aromatic heterocycles. The molecule has 0 bridgehead atoms. The highest BCUT2D eigenvalue weighted by Gasteiger charge is 2.54. The van der Waals surface area contributed by atoms with Crippen molar-refractivity contribution < 1.29 is 9.53 Å². The SMILES string of the molecule is C[C@H](Nc1nccc(N2C(=O)OCC2(C)C2CC2)n1)c1ccc(CN2CCN(C)C(C)(C)C2)cc1. The molecule has 3 aliphatic rings. The van der Waals surface area contributed by atoms with E-state index in [-0.39, 0.29) is 23.2 Å². The van der Waals surface area contributed by atoms with Crippen LogP contribution in [-0.4, -0.2) is 70.2 Å². The first-order chi connectivity index (χ1) is 16.7. The zero-order chi connectivity index (χ0) is 24.8. The van der Waals surface area contributed by atoms with Gasteiger partial charge in [-0.05, 0) is 70.7 Å². The highest BCUT2D eigenvalue weighted by molar-refractivity contribution is 5.90. The minimum absolute atomic E-state index is 0.0298. The quantitative estimate of drug-likeness (QED) is 0.636. The van der Waals surface area contributed by atoms with Crippen molar-refractivity contribution in [1.29, 1.82) is 0 Å². The lowest BCUT2D eigenvalue weighted by Crippen LogP contribution is -2.57. The number of carbonyl (C=O) groups excluding carboxylic acids is 1. The van der Waals surface area contributed by atoms with Crippen LogP contribution in [0.25, 0.3) is 0 Å². The summed E-state index contributed by atoms with van der Waals surface area (Å²) in [6.45, 7) is 13.5. The smallest absolute Gasteiger partial charge is 0.416 e. The summed E-state index contributed by atoms with van der Waals surface area (Å²) in [6.07, 6.45) is 3.63. The fraction of sp³-hybridized carbons (Fsp3) is 0.593. The summed E-state index contributed by atoms with van der Waals surface area (Å²) < 4.78 is 5.41. The van der Waals surface area contributed by atoms with Crippen molar-refractivity contribution in [2.75, 3.05) is 43.5 Å². The highest BCUT2D eigenvalue weighted by Crippen LogP contribution is 2.47. The van der Waals surface area contributed by atoms with Crippen molar-refractivity contribution in [3.8, 4) is 0 Å². The summed E-state index contributed by atoms with van der Waals surface area (Å²) >= 11 is 0. The Morgan fingerprint density at radius 3 is 2.57 bits per heavy atom. The molecule has 8 nitrogen and oxygen atoms in total. The van der Waals surface area contributed by atoms with Crippen LogP contribution in [0.5, 0.6) is 0 Å². The first-order valence-corrected chi connectivity index (χ1v) is 12.7. The molecule has 1 aliphatic carbocycles. The first-order valence-electron chi connectivity index (χ1n) is 12.7. The van der Waals surface area contributed by atoms with E-state index < -0.39 is 0 Å². The highest BCUT2D eigenvalue weighted by atomic mass is 16.6. The van der Waals surface area contributed by atoms with Crippen molar-refractivity contribution in [2.24, 2.45) is 5.92 Å². The molecule has 8 heteroatoms. The summed E-state index contributed by atoms with van der Waals surface area (Å²) in [4.78, 5) is 28.3. The first kappa shape index (κ1) is 24.0. The van der Waals surface area contributed by atoms with Crippen LogP contribution in [0.4, 0.5) is 16.6 Å². The predicted molar refractivity (Wildman–Crippen MR) is 137 cm³/mol. The Bertz CT molecular complexity index is 1070. The van der Waals surface area contributed by atoms with E-state index in [1.54, 1.807) is 17.2 Å². The molecule has 3 fully saturated rings. The Morgan fingerprint density at radius 2 is 1.89 bits per heavy atom. The van der Waals surface area contributed by atoms with Gasteiger partial charge in [0, 0.05) is 37.9 Å². The Labute approximate surface area is 208 Å². The second kappa shape index (κ2) is 9.06. The second-order valence-electron chi connectivity index (χ2n) is 11.3. The number of cyclic esters (lactones) is 1. The molecule has 1 N–H and O–H groups in total. The summed E-state index contributed by atoms with van der Waals surface area (Å²) in [7, 11) is 2.21. The minimum Gasteiger partial charge on any atom is -0.447 e. The molecule has 2 aromatic rings. The van der Waals surface area contributed by atoms with E-state index in [1.165, 1.54) is 11.1 Å². The monoisotopic (exact) mass is 478 g/mol. The molecule has 1 amide bonds. The van der Waals surface area contributed by atoms with E-state index in [0.29, 0.717) is 24.3 Å². The van der Waals surface area contributed by atoms with Crippen molar-refractivity contribution in [2.45, 2.75) is 64.2 Å². The zero-order valence-corrected chi connectivity index (χ0v) is 21.6. The third-order valence-corrected chi connectivity index (χ3v) is 8.14. The van der Waals surface area contributed by atoms with Gasteiger partial charge in [0.05, 0.1) is 11.6 Å². The number of ether oxygens (including phenoxy) is 1. The normalized spacial score (nSPS) is 26.0. The number of hydrogen-bond donors (Lipinski definition) is 1. The van der Waals surface area contributed by atoms with Crippen molar-refractivity contribution in [3.63, 3.8) is 0 Å². The molecular weight excluding hydrogens is 440 g/mol. The van der Waals surface area contributed by atoms with E-state index in [9.17, 15) is 4.79 Å². The maximum Gasteiger partial charge on any atom is 0.416 e. The van der Waals surface area contributed by atoms with Crippen LogP contribution in [0.3, 0.4) is 0 Å². The number of nitrogens with zero attached hydrogens (tertiary/aromatic N) is 5. The van der Waals surface area contributed by atoms with Crippen LogP contribution in [0, 0.1) is 5.92 Å². The number of hydrogen-bond acceptors (Lipinski definition) is 7. The summed E-state index contributed by atoms with van der Waals surface area (Å²) in [6, 6.07) is 10.6. The molecule has 0 radical (unpaired) electrons. The van der Waals surface area contributed by atoms with Gasteiger partial charge in [0.15, 0.2) is 0 Å². The number of amides is 1. The van der Waals surface area contributed by atoms with Crippen LogP contribution in [0.15, 0.2) is 36.5 Å². The summed E-state index contributed by atoms with van der Waals surface area (Å²) in [5, 5.41) is 3.41. The molecule has 5 rings (SSSR count). The largest absolute Gasteiger partial charge is 0.447 e. The van der Waals surface area contributed by atoms with E-state index in [2.05, 4.69) is 84.1 Å². The molecule has 188 valence electrons. The number of rotatable bonds is 7. The Morgan fingerprint density at radius 1 is 1.14 bits per heavy atom. The number of anilines is 2. The van der Waals surface area contributed by atoms with Crippen LogP contribution < -0.4 is 10.2 Å². The molecule has 1 aromatic carbocycles. The van der Waals surface area contributed by atoms with Gasteiger partial charge in [-0.15, -0.1) is 0 Å². The van der Waals surface area contributed by atoms with Crippen LogP contribution in [0.2, 0.25) is 0 Å². The minimum atomic E-state index is -0.330. The number of aromatic nitrogens is 2. The fourth-order valence-corrected chi connectivity index (χ4v) is 5.37. The third-order valence-electron chi connectivity index (χ3n) is 8.14. The standard InChI is InChI=1S/C27H38N6O2/c1-19(21-8-6-20(7-9-21)16-32-15-14-31(5)26(2,3)17-32)29-24-28-13-12-23(30-24)33-25(34)35-18-27(33,4)22-10-11-22/h6-9,12-13,19,22H,10-11,14-18H2,1-5H3,(H,28,29,30)/t19-,27?/m0/s1. The van der Waals surface area contributed by atoms with Crippen LogP contribution in [0.1, 0.15) is 57.7 Å². The maximum atomic E-state index is 12.5. The molecule has 0 spiro atoms. The Kier molecular flexibility index (Phi) is 6.21. The fourth-order valence-electron chi connectivity index (χ4n) is 5.37. The number of piperazine rings is 1. The summed E-state index contributed by atoms with van der Waals surface area (Å²) in [5.74, 6) is 1.57.